The van der Waals surface area contributed by atoms with Crippen LogP contribution in [0.4, 0.5) is 0 Å². The van der Waals surface area contributed by atoms with Gasteiger partial charge in [-0.25, -0.2) is 0 Å². The van der Waals surface area contributed by atoms with E-state index < -0.39 is 5.97 Å². The minimum Gasteiger partial charge on any atom is -0.481 e. The molecular formula is C31H31NO2. The number of nitrogens with zero attached hydrogens (tertiary/aromatic N) is 1. The molecule has 2 unspecified atom stereocenters. The van der Waals surface area contributed by atoms with Gasteiger partial charge in [0.05, 0.1) is 6.42 Å². The molecule has 0 radical (unpaired) electrons. The summed E-state index contributed by atoms with van der Waals surface area (Å²) in [6.45, 7) is 2.83. The molecule has 3 heteroatoms. The SMILES string of the molecule is CC(c1ccccc1)N(Cc1ccccc1)C(CC(=O)O)c1ccc(Cc2ccccc2)cc1. The van der Waals surface area contributed by atoms with Crippen molar-refractivity contribution in [3.63, 3.8) is 0 Å². The maximum Gasteiger partial charge on any atom is 0.305 e. The zero-order chi connectivity index (χ0) is 23.8. The molecule has 0 spiro atoms. The number of aliphatic carboxylic acids is 1. The molecule has 34 heavy (non-hydrogen) atoms. The van der Waals surface area contributed by atoms with Gasteiger partial charge in [-0.2, -0.15) is 0 Å². The third-order valence-corrected chi connectivity index (χ3v) is 6.37. The van der Waals surface area contributed by atoms with Gasteiger partial charge in [0, 0.05) is 18.6 Å². The van der Waals surface area contributed by atoms with Crippen molar-refractivity contribution in [2.75, 3.05) is 0 Å². The monoisotopic (exact) mass is 449 g/mol. The molecule has 0 saturated carbocycles. The van der Waals surface area contributed by atoms with Crippen LogP contribution in [0.1, 0.15) is 53.2 Å². The maximum absolute atomic E-state index is 12.0. The molecular weight excluding hydrogens is 418 g/mol. The second kappa shape index (κ2) is 11.4. The van der Waals surface area contributed by atoms with Crippen LogP contribution in [0.15, 0.2) is 115 Å². The summed E-state index contributed by atoms with van der Waals surface area (Å²) in [6, 6.07) is 39.2. The van der Waals surface area contributed by atoms with Gasteiger partial charge in [-0.1, -0.05) is 115 Å². The molecule has 3 nitrogen and oxygen atoms in total. The lowest BCUT2D eigenvalue weighted by Crippen LogP contribution is -2.32. The van der Waals surface area contributed by atoms with E-state index in [1.165, 1.54) is 22.3 Å². The molecule has 0 aliphatic rings. The summed E-state index contributed by atoms with van der Waals surface area (Å²) in [7, 11) is 0. The standard InChI is InChI=1S/C31H31NO2/c1-24(28-15-9-4-10-16-28)32(23-27-13-7-3-8-14-27)30(22-31(33)34)29-19-17-26(18-20-29)21-25-11-5-2-6-12-25/h2-20,24,30H,21-23H2,1H3,(H,33,34). The number of carbonyl (C=O) groups is 1. The Labute approximate surface area is 202 Å². The number of benzene rings is 4. The predicted molar refractivity (Wildman–Crippen MR) is 138 cm³/mol. The highest BCUT2D eigenvalue weighted by atomic mass is 16.4. The van der Waals surface area contributed by atoms with Crippen molar-refractivity contribution in [3.8, 4) is 0 Å². The van der Waals surface area contributed by atoms with Crippen molar-refractivity contribution in [2.45, 2.75) is 38.4 Å². The summed E-state index contributed by atoms with van der Waals surface area (Å²) in [5, 5.41) is 9.84. The molecule has 0 aliphatic heterocycles. The lowest BCUT2D eigenvalue weighted by molar-refractivity contribution is -0.138. The van der Waals surface area contributed by atoms with Crippen molar-refractivity contribution < 1.29 is 9.90 Å². The highest BCUT2D eigenvalue weighted by Gasteiger charge is 2.28. The van der Waals surface area contributed by atoms with Crippen LogP contribution in [0.5, 0.6) is 0 Å². The van der Waals surface area contributed by atoms with E-state index in [-0.39, 0.29) is 18.5 Å². The van der Waals surface area contributed by atoms with Gasteiger partial charge in [-0.05, 0) is 41.2 Å². The molecule has 0 saturated heterocycles. The van der Waals surface area contributed by atoms with Gasteiger partial charge >= 0.3 is 5.97 Å². The van der Waals surface area contributed by atoms with Crippen LogP contribution in [0.25, 0.3) is 0 Å². The molecule has 2 atom stereocenters. The van der Waals surface area contributed by atoms with E-state index in [9.17, 15) is 9.90 Å². The summed E-state index contributed by atoms with van der Waals surface area (Å²) in [4.78, 5) is 14.3. The van der Waals surface area contributed by atoms with Gasteiger partial charge in [-0.15, -0.1) is 0 Å². The van der Waals surface area contributed by atoms with Crippen LogP contribution >= 0.6 is 0 Å². The summed E-state index contributed by atoms with van der Waals surface area (Å²) >= 11 is 0. The summed E-state index contributed by atoms with van der Waals surface area (Å²) < 4.78 is 0. The first-order chi connectivity index (χ1) is 16.6. The molecule has 172 valence electrons. The Bertz CT molecular complexity index is 1160. The maximum atomic E-state index is 12.0. The summed E-state index contributed by atoms with van der Waals surface area (Å²) in [5.74, 6) is -0.795. The molecule has 4 aromatic rings. The first kappa shape index (κ1) is 23.5. The Balaban J connectivity index is 1.66. The molecule has 0 heterocycles. The average Bonchev–Trinajstić information content (AvgIpc) is 2.88. The van der Waals surface area contributed by atoms with E-state index in [1.54, 1.807) is 0 Å². The fraction of sp³-hybridized carbons (Fsp3) is 0.194. The van der Waals surface area contributed by atoms with E-state index in [2.05, 4.69) is 84.6 Å². The van der Waals surface area contributed by atoms with Crippen molar-refractivity contribution in [1.29, 1.82) is 0 Å². The number of rotatable bonds is 10. The van der Waals surface area contributed by atoms with Crippen molar-refractivity contribution >= 4 is 5.97 Å². The Morgan fingerprint density at radius 2 is 1.18 bits per heavy atom. The summed E-state index contributed by atoms with van der Waals surface area (Å²) in [5.41, 5.74) is 5.85. The van der Waals surface area contributed by atoms with E-state index >= 15 is 0 Å². The third-order valence-electron chi connectivity index (χ3n) is 6.37. The first-order valence-corrected chi connectivity index (χ1v) is 11.8. The Hall–Kier alpha value is -3.69. The fourth-order valence-electron chi connectivity index (χ4n) is 4.52. The Morgan fingerprint density at radius 1 is 0.676 bits per heavy atom. The van der Waals surface area contributed by atoms with Crippen molar-refractivity contribution in [3.05, 3.63) is 143 Å². The normalized spacial score (nSPS) is 12.9. The fourth-order valence-corrected chi connectivity index (χ4v) is 4.52. The molecule has 0 aromatic heterocycles. The third kappa shape index (κ3) is 6.21. The Kier molecular flexibility index (Phi) is 7.90. The lowest BCUT2D eigenvalue weighted by atomic mass is 9.95. The molecule has 1 N–H and O–H groups in total. The van der Waals surface area contributed by atoms with Crippen LogP contribution in [0.3, 0.4) is 0 Å². The van der Waals surface area contributed by atoms with E-state index in [4.69, 9.17) is 0 Å². The molecule has 0 bridgehead atoms. The molecule has 4 rings (SSSR count). The van der Waals surface area contributed by atoms with E-state index in [1.807, 2.05) is 42.5 Å². The number of hydrogen-bond donors (Lipinski definition) is 1. The van der Waals surface area contributed by atoms with Crippen LogP contribution in [-0.2, 0) is 17.8 Å². The zero-order valence-electron chi connectivity index (χ0n) is 19.5. The molecule has 0 amide bonds. The van der Waals surface area contributed by atoms with Gasteiger partial charge in [-0.3, -0.25) is 9.69 Å². The van der Waals surface area contributed by atoms with Crippen LogP contribution < -0.4 is 0 Å². The highest BCUT2D eigenvalue weighted by Crippen LogP contribution is 2.35. The van der Waals surface area contributed by atoms with Gasteiger partial charge in [0.2, 0.25) is 0 Å². The first-order valence-electron chi connectivity index (χ1n) is 11.8. The second-order valence-corrected chi connectivity index (χ2v) is 8.76. The van der Waals surface area contributed by atoms with E-state index in [0.717, 1.165) is 12.0 Å². The van der Waals surface area contributed by atoms with Crippen molar-refractivity contribution in [1.82, 2.24) is 4.90 Å². The Morgan fingerprint density at radius 3 is 1.74 bits per heavy atom. The van der Waals surface area contributed by atoms with E-state index in [0.29, 0.717) is 6.54 Å². The molecule has 4 aromatic carbocycles. The van der Waals surface area contributed by atoms with Crippen LogP contribution in [-0.4, -0.2) is 16.0 Å². The largest absolute Gasteiger partial charge is 0.481 e. The predicted octanol–water partition coefficient (Wildman–Crippen LogP) is 7.06. The molecule has 0 aliphatic carbocycles. The quantitative estimate of drug-likeness (QED) is 0.282. The van der Waals surface area contributed by atoms with Gasteiger partial charge in [0.1, 0.15) is 0 Å². The highest BCUT2D eigenvalue weighted by molar-refractivity contribution is 5.68. The minimum atomic E-state index is -0.795. The minimum absolute atomic E-state index is 0.0437. The lowest BCUT2D eigenvalue weighted by Gasteiger charge is -2.37. The van der Waals surface area contributed by atoms with Gasteiger partial charge in [0.15, 0.2) is 0 Å². The number of carboxylic acids is 1. The van der Waals surface area contributed by atoms with Crippen LogP contribution in [0.2, 0.25) is 0 Å². The van der Waals surface area contributed by atoms with Gasteiger partial charge < -0.3 is 5.11 Å². The average molecular weight is 450 g/mol. The zero-order valence-corrected chi connectivity index (χ0v) is 19.5. The topological polar surface area (TPSA) is 40.5 Å². The number of hydrogen-bond acceptors (Lipinski definition) is 2. The summed E-state index contributed by atoms with van der Waals surface area (Å²) in [6.07, 6.45) is 0.904. The smallest absolute Gasteiger partial charge is 0.305 e. The van der Waals surface area contributed by atoms with Crippen molar-refractivity contribution in [2.24, 2.45) is 0 Å². The number of carboxylic acid groups (broad SMARTS) is 1. The van der Waals surface area contributed by atoms with Crippen LogP contribution in [0, 0.1) is 0 Å². The second-order valence-electron chi connectivity index (χ2n) is 8.76. The molecule has 0 fully saturated rings. The van der Waals surface area contributed by atoms with Gasteiger partial charge in [0.25, 0.3) is 0 Å².